The maximum absolute atomic E-state index is 10.9. The number of phenolic OH excluding ortho intramolecular Hbond substituents is 1. The van der Waals surface area contributed by atoms with Crippen molar-refractivity contribution in [2.45, 2.75) is 0 Å². The van der Waals surface area contributed by atoms with Gasteiger partial charge in [-0.1, -0.05) is 0 Å². The fourth-order valence-electron chi connectivity index (χ4n) is 0.839. The molecule has 1 aromatic carbocycles. The summed E-state index contributed by atoms with van der Waals surface area (Å²) in [5.41, 5.74) is 0.379. The second-order valence-electron chi connectivity index (χ2n) is 2.66. The van der Waals surface area contributed by atoms with Gasteiger partial charge in [-0.2, -0.15) is 0 Å². The number of phenols is 1. The van der Waals surface area contributed by atoms with Gasteiger partial charge in [-0.25, -0.2) is 8.42 Å². The van der Waals surface area contributed by atoms with Crippen molar-refractivity contribution < 1.29 is 13.5 Å². The SMILES string of the molecule is CS(=O)(=O)Nc1cc(Br)c(O)c(Br)c1. The van der Waals surface area contributed by atoms with Gasteiger partial charge in [0.1, 0.15) is 5.75 Å². The lowest BCUT2D eigenvalue weighted by Gasteiger charge is -2.06. The molecule has 0 unspecified atom stereocenters. The molecule has 0 aliphatic carbocycles. The lowest BCUT2D eigenvalue weighted by Crippen LogP contribution is -2.09. The highest BCUT2D eigenvalue weighted by molar-refractivity contribution is 9.11. The molecule has 0 saturated carbocycles. The summed E-state index contributed by atoms with van der Waals surface area (Å²) >= 11 is 6.18. The van der Waals surface area contributed by atoms with Crippen LogP contribution in [0.2, 0.25) is 0 Å². The van der Waals surface area contributed by atoms with Crippen LogP contribution in [0.25, 0.3) is 0 Å². The van der Waals surface area contributed by atoms with E-state index < -0.39 is 10.0 Å². The third-order valence-corrected chi connectivity index (χ3v) is 3.14. The first kappa shape index (κ1) is 11.8. The normalized spacial score (nSPS) is 11.4. The van der Waals surface area contributed by atoms with E-state index >= 15 is 0 Å². The number of aromatic hydroxyl groups is 1. The summed E-state index contributed by atoms with van der Waals surface area (Å²) in [6.45, 7) is 0. The lowest BCUT2D eigenvalue weighted by atomic mass is 10.3. The predicted octanol–water partition coefficient (Wildman–Crippen LogP) is 2.29. The number of rotatable bonds is 2. The zero-order chi connectivity index (χ0) is 10.9. The molecule has 0 spiro atoms. The summed E-state index contributed by atoms with van der Waals surface area (Å²) in [5.74, 6) is 0.0315. The number of sulfonamides is 1. The molecule has 0 aromatic heterocycles. The van der Waals surface area contributed by atoms with Gasteiger partial charge >= 0.3 is 0 Å². The predicted molar refractivity (Wildman–Crippen MR) is 62.0 cm³/mol. The topological polar surface area (TPSA) is 66.4 Å². The van der Waals surface area contributed by atoms with Crippen LogP contribution in [-0.2, 0) is 10.0 Å². The molecule has 0 aliphatic heterocycles. The average molecular weight is 345 g/mol. The maximum Gasteiger partial charge on any atom is 0.229 e. The number of nitrogens with one attached hydrogen (secondary N) is 1. The van der Waals surface area contributed by atoms with E-state index in [4.69, 9.17) is 0 Å². The monoisotopic (exact) mass is 343 g/mol. The van der Waals surface area contributed by atoms with Gasteiger partial charge in [0.2, 0.25) is 10.0 Å². The number of benzene rings is 1. The average Bonchev–Trinajstić information content (AvgIpc) is 1.96. The first-order valence-electron chi connectivity index (χ1n) is 3.45. The molecule has 0 bridgehead atoms. The maximum atomic E-state index is 10.9. The highest BCUT2D eigenvalue weighted by atomic mass is 79.9. The lowest BCUT2D eigenvalue weighted by molar-refractivity contribution is 0.468. The molecular weight excluding hydrogens is 338 g/mol. The first-order chi connectivity index (χ1) is 6.29. The van der Waals surface area contributed by atoms with Crippen LogP contribution >= 0.6 is 31.9 Å². The molecule has 0 fully saturated rings. The van der Waals surface area contributed by atoms with E-state index in [1.807, 2.05) is 0 Å². The quantitative estimate of drug-likeness (QED) is 0.809. The van der Waals surface area contributed by atoms with Gasteiger partial charge in [-0.15, -0.1) is 0 Å². The first-order valence-corrected chi connectivity index (χ1v) is 6.93. The van der Waals surface area contributed by atoms with E-state index in [2.05, 4.69) is 36.6 Å². The van der Waals surface area contributed by atoms with E-state index in [1.165, 1.54) is 12.1 Å². The third-order valence-electron chi connectivity index (χ3n) is 1.32. The summed E-state index contributed by atoms with van der Waals surface area (Å²) in [6, 6.07) is 2.95. The highest BCUT2D eigenvalue weighted by Crippen LogP contribution is 2.35. The third kappa shape index (κ3) is 3.14. The summed E-state index contributed by atoms with van der Waals surface area (Å²) in [6.07, 6.45) is 1.06. The molecule has 0 atom stereocenters. The van der Waals surface area contributed by atoms with Crippen molar-refractivity contribution >= 4 is 47.6 Å². The Balaban J connectivity index is 3.14. The minimum absolute atomic E-state index is 0.0315. The smallest absolute Gasteiger partial charge is 0.229 e. The van der Waals surface area contributed by atoms with Crippen molar-refractivity contribution in [1.29, 1.82) is 0 Å². The fraction of sp³-hybridized carbons (Fsp3) is 0.143. The Hall–Kier alpha value is -0.270. The molecular formula is C7H7Br2NO3S. The zero-order valence-corrected chi connectivity index (χ0v) is 11.1. The number of hydrogen-bond acceptors (Lipinski definition) is 3. The summed E-state index contributed by atoms with van der Waals surface area (Å²) in [4.78, 5) is 0. The Kier molecular flexibility index (Phi) is 3.44. The Morgan fingerprint density at radius 3 is 2.07 bits per heavy atom. The molecule has 1 aromatic rings. The minimum atomic E-state index is -3.30. The molecule has 78 valence electrons. The van der Waals surface area contributed by atoms with Crippen molar-refractivity contribution in [3.8, 4) is 5.75 Å². The molecule has 4 nitrogen and oxygen atoms in total. The highest BCUT2D eigenvalue weighted by Gasteiger charge is 2.08. The number of hydrogen-bond donors (Lipinski definition) is 2. The molecule has 0 saturated heterocycles. The number of anilines is 1. The van der Waals surface area contributed by atoms with Crippen molar-refractivity contribution in [3.63, 3.8) is 0 Å². The summed E-state index contributed by atoms with van der Waals surface area (Å²) < 4.78 is 24.9. The Morgan fingerprint density at radius 1 is 1.29 bits per heavy atom. The molecule has 0 amide bonds. The molecule has 7 heteroatoms. The van der Waals surface area contributed by atoms with Gasteiger partial charge in [0, 0.05) is 0 Å². The van der Waals surface area contributed by atoms with Crippen molar-refractivity contribution in [2.24, 2.45) is 0 Å². The van der Waals surface area contributed by atoms with Gasteiger partial charge in [0.05, 0.1) is 20.9 Å². The number of halogens is 2. The van der Waals surface area contributed by atoms with Gasteiger partial charge in [-0.05, 0) is 44.0 Å². The zero-order valence-electron chi connectivity index (χ0n) is 7.08. The van der Waals surface area contributed by atoms with Crippen molar-refractivity contribution in [1.82, 2.24) is 0 Å². The van der Waals surface area contributed by atoms with Crippen molar-refractivity contribution in [2.75, 3.05) is 11.0 Å². The van der Waals surface area contributed by atoms with Crippen LogP contribution < -0.4 is 4.72 Å². The standard InChI is InChI=1S/C7H7Br2NO3S/c1-14(12,13)10-4-2-5(8)7(11)6(9)3-4/h2-3,10-11H,1H3. The second kappa shape index (κ2) is 4.08. The summed E-state index contributed by atoms with van der Waals surface area (Å²) in [5, 5.41) is 9.36. The molecule has 0 radical (unpaired) electrons. The Bertz CT molecular complexity index is 435. The van der Waals surface area contributed by atoms with E-state index in [1.54, 1.807) is 0 Å². The van der Waals surface area contributed by atoms with Crippen LogP contribution in [0, 0.1) is 0 Å². The van der Waals surface area contributed by atoms with E-state index in [9.17, 15) is 13.5 Å². The van der Waals surface area contributed by atoms with E-state index in [0.29, 0.717) is 14.6 Å². The molecule has 0 aliphatic rings. The van der Waals surface area contributed by atoms with E-state index in [0.717, 1.165) is 6.26 Å². The van der Waals surface area contributed by atoms with Crippen LogP contribution in [0.5, 0.6) is 5.75 Å². The van der Waals surface area contributed by atoms with Gasteiger partial charge in [0.15, 0.2) is 0 Å². The molecule has 14 heavy (non-hydrogen) atoms. The Labute approximate surface area is 98.6 Å². The van der Waals surface area contributed by atoms with Crippen LogP contribution in [0.1, 0.15) is 0 Å². The van der Waals surface area contributed by atoms with Gasteiger partial charge < -0.3 is 5.11 Å². The molecule has 0 heterocycles. The molecule has 2 N–H and O–H groups in total. The second-order valence-corrected chi connectivity index (χ2v) is 6.12. The van der Waals surface area contributed by atoms with Crippen LogP contribution in [0.15, 0.2) is 21.1 Å². The Morgan fingerprint density at radius 2 is 1.71 bits per heavy atom. The minimum Gasteiger partial charge on any atom is -0.506 e. The van der Waals surface area contributed by atoms with Crippen LogP contribution in [0.3, 0.4) is 0 Å². The van der Waals surface area contributed by atoms with Gasteiger partial charge in [-0.3, -0.25) is 4.72 Å². The largest absolute Gasteiger partial charge is 0.506 e. The molecule has 1 rings (SSSR count). The summed E-state index contributed by atoms with van der Waals surface area (Å²) in [7, 11) is -3.30. The van der Waals surface area contributed by atoms with Crippen molar-refractivity contribution in [3.05, 3.63) is 21.1 Å². The fourth-order valence-corrected chi connectivity index (χ4v) is 2.57. The van der Waals surface area contributed by atoms with Crippen LogP contribution in [-0.4, -0.2) is 19.8 Å². The van der Waals surface area contributed by atoms with Crippen LogP contribution in [0.4, 0.5) is 5.69 Å². The van der Waals surface area contributed by atoms with Gasteiger partial charge in [0.25, 0.3) is 0 Å². The van der Waals surface area contributed by atoms with E-state index in [-0.39, 0.29) is 5.75 Å².